The van der Waals surface area contributed by atoms with E-state index >= 15 is 0 Å². The molecular weight excluding hydrogens is 244 g/mol. The van der Waals surface area contributed by atoms with E-state index in [-0.39, 0.29) is 11.3 Å². The molecular formula is C14H20N2OS. The molecule has 1 saturated heterocycles. The van der Waals surface area contributed by atoms with Gasteiger partial charge in [0, 0.05) is 13.1 Å². The number of carbonyl (C=O) groups excluding carboxylic acids is 1. The standard InChI is InChI=1S/C14H20N2OS/c1-11-6-4-5-7-12(11)14-16(9-8-15(2)3)13(17)10-18-14/h4-7,14H,8-10H2,1-3H3. The third-order valence-corrected chi connectivity index (χ3v) is 4.45. The van der Waals surface area contributed by atoms with E-state index < -0.39 is 0 Å². The lowest BCUT2D eigenvalue weighted by atomic mass is 10.1. The van der Waals surface area contributed by atoms with Gasteiger partial charge >= 0.3 is 0 Å². The number of thioether (sulfide) groups is 1. The number of rotatable bonds is 4. The Balaban J connectivity index is 2.16. The summed E-state index contributed by atoms with van der Waals surface area (Å²) in [5.74, 6) is 0.863. The van der Waals surface area contributed by atoms with Gasteiger partial charge in [0.15, 0.2) is 0 Å². The van der Waals surface area contributed by atoms with Crippen molar-refractivity contribution in [3.05, 3.63) is 35.4 Å². The molecule has 0 bridgehead atoms. The number of amides is 1. The first-order chi connectivity index (χ1) is 8.59. The molecule has 18 heavy (non-hydrogen) atoms. The van der Waals surface area contributed by atoms with Crippen LogP contribution < -0.4 is 0 Å². The van der Waals surface area contributed by atoms with Crippen molar-refractivity contribution < 1.29 is 4.79 Å². The summed E-state index contributed by atoms with van der Waals surface area (Å²) in [6.45, 7) is 3.83. The molecule has 0 spiro atoms. The van der Waals surface area contributed by atoms with E-state index in [1.807, 2.05) is 25.1 Å². The van der Waals surface area contributed by atoms with E-state index in [9.17, 15) is 4.79 Å². The Labute approximate surface area is 113 Å². The van der Waals surface area contributed by atoms with Gasteiger partial charge in [-0.15, -0.1) is 11.8 Å². The Morgan fingerprint density at radius 1 is 1.39 bits per heavy atom. The summed E-state index contributed by atoms with van der Waals surface area (Å²) in [7, 11) is 4.08. The Morgan fingerprint density at radius 2 is 2.11 bits per heavy atom. The predicted molar refractivity (Wildman–Crippen MR) is 76.6 cm³/mol. The van der Waals surface area contributed by atoms with Gasteiger partial charge in [-0.1, -0.05) is 24.3 Å². The first-order valence-corrected chi connectivity index (χ1v) is 7.26. The van der Waals surface area contributed by atoms with E-state index in [0.29, 0.717) is 5.75 Å². The highest BCUT2D eigenvalue weighted by Gasteiger charge is 2.32. The average Bonchev–Trinajstić information content (AvgIpc) is 2.68. The summed E-state index contributed by atoms with van der Waals surface area (Å²) in [5, 5.41) is 0.193. The van der Waals surface area contributed by atoms with Crippen molar-refractivity contribution >= 4 is 17.7 Å². The number of hydrogen-bond donors (Lipinski definition) is 0. The van der Waals surface area contributed by atoms with Crippen molar-refractivity contribution in [2.75, 3.05) is 32.9 Å². The van der Waals surface area contributed by atoms with E-state index in [2.05, 4.69) is 30.0 Å². The maximum absolute atomic E-state index is 12.0. The monoisotopic (exact) mass is 264 g/mol. The van der Waals surface area contributed by atoms with Gasteiger partial charge in [0.1, 0.15) is 5.37 Å². The molecule has 1 amide bonds. The maximum Gasteiger partial charge on any atom is 0.233 e. The lowest BCUT2D eigenvalue weighted by molar-refractivity contribution is -0.128. The van der Waals surface area contributed by atoms with Crippen LogP contribution in [0.25, 0.3) is 0 Å². The van der Waals surface area contributed by atoms with E-state index in [1.54, 1.807) is 11.8 Å². The number of nitrogens with zero attached hydrogens (tertiary/aromatic N) is 2. The zero-order valence-corrected chi connectivity index (χ0v) is 12.0. The molecule has 3 nitrogen and oxygen atoms in total. The molecule has 1 aliphatic heterocycles. The first kappa shape index (κ1) is 13.4. The van der Waals surface area contributed by atoms with E-state index in [1.165, 1.54) is 11.1 Å². The number of likely N-dealkylation sites (N-methyl/N-ethyl adjacent to an activating group) is 1. The molecule has 0 aliphatic carbocycles. The molecule has 0 N–H and O–H groups in total. The van der Waals surface area contributed by atoms with Gasteiger partial charge in [-0.05, 0) is 32.1 Å². The van der Waals surface area contributed by atoms with Crippen molar-refractivity contribution in [1.29, 1.82) is 0 Å². The van der Waals surface area contributed by atoms with Crippen LogP contribution in [0.15, 0.2) is 24.3 Å². The zero-order chi connectivity index (χ0) is 13.1. The quantitative estimate of drug-likeness (QED) is 0.832. The van der Waals surface area contributed by atoms with Crippen molar-refractivity contribution in [1.82, 2.24) is 9.80 Å². The molecule has 2 rings (SSSR count). The molecule has 1 atom stereocenters. The fourth-order valence-electron chi connectivity index (χ4n) is 2.13. The molecule has 0 radical (unpaired) electrons. The fraction of sp³-hybridized carbons (Fsp3) is 0.500. The summed E-state index contributed by atoms with van der Waals surface area (Å²) >= 11 is 1.74. The minimum absolute atomic E-state index is 0.193. The molecule has 1 fully saturated rings. The number of carbonyl (C=O) groups is 1. The number of benzene rings is 1. The summed E-state index contributed by atoms with van der Waals surface area (Å²) in [6, 6.07) is 8.34. The highest BCUT2D eigenvalue weighted by Crippen LogP contribution is 2.39. The van der Waals surface area contributed by atoms with Crippen LogP contribution in [0.4, 0.5) is 0 Å². The van der Waals surface area contributed by atoms with Crippen LogP contribution in [0.3, 0.4) is 0 Å². The Hall–Kier alpha value is -1.00. The Bertz CT molecular complexity index is 434. The third kappa shape index (κ3) is 2.87. The van der Waals surface area contributed by atoms with Crippen molar-refractivity contribution in [3.63, 3.8) is 0 Å². The maximum atomic E-state index is 12.0. The number of aryl methyl sites for hydroxylation is 1. The number of hydrogen-bond acceptors (Lipinski definition) is 3. The van der Waals surface area contributed by atoms with Crippen LogP contribution in [-0.4, -0.2) is 48.6 Å². The fourth-order valence-corrected chi connectivity index (χ4v) is 3.44. The molecule has 98 valence electrons. The molecule has 0 aromatic heterocycles. The van der Waals surface area contributed by atoms with Crippen LogP contribution in [0.1, 0.15) is 16.5 Å². The SMILES string of the molecule is Cc1ccccc1C1SCC(=O)N1CCN(C)C. The molecule has 1 aliphatic rings. The van der Waals surface area contributed by atoms with Gasteiger partial charge in [-0.2, -0.15) is 0 Å². The van der Waals surface area contributed by atoms with Gasteiger partial charge in [0.05, 0.1) is 5.75 Å². The molecule has 4 heteroatoms. The van der Waals surface area contributed by atoms with Crippen LogP contribution in [0, 0.1) is 6.92 Å². The topological polar surface area (TPSA) is 23.6 Å². The second-order valence-corrected chi connectivity index (χ2v) is 5.98. The molecule has 1 aromatic carbocycles. The smallest absolute Gasteiger partial charge is 0.233 e. The summed E-state index contributed by atoms with van der Waals surface area (Å²) < 4.78 is 0. The van der Waals surface area contributed by atoms with Crippen LogP contribution in [-0.2, 0) is 4.79 Å². The minimum Gasteiger partial charge on any atom is -0.325 e. The summed E-state index contributed by atoms with van der Waals surface area (Å²) in [6.07, 6.45) is 0. The lowest BCUT2D eigenvalue weighted by Crippen LogP contribution is -2.34. The van der Waals surface area contributed by atoms with E-state index in [0.717, 1.165) is 13.1 Å². The molecule has 1 aromatic rings. The molecule has 1 unspecified atom stereocenters. The van der Waals surface area contributed by atoms with Crippen LogP contribution in [0.5, 0.6) is 0 Å². The van der Waals surface area contributed by atoms with Gasteiger partial charge in [0.25, 0.3) is 0 Å². The van der Waals surface area contributed by atoms with E-state index in [4.69, 9.17) is 0 Å². The van der Waals surface area contributed by atoms with Gasteiger partial charge < -0.3 is 9.80 Å². The van der Waals surface area contributed by atoms with Crippen molar-refractivity contribution in [2.24, 2.45) is 0 Å². The zero-order valence-electron chi connectivity index (χ0n) is 11.2. The summed E-state index contributed by atoms with van der Waals surface area (Å²) in [5.41, 5.74) is 2.53. The van der Waals surface area contributed by atoms with Crippen LogP contribution in [0.2, 0.25) is 0 Å². The molecule has 0 saturated carbocycles. The molecule has 1 heterocycles. The minimum atomic E-state index is 0.193. The summed E-state index contributed by atoms with van der Waals surface area (Å²) in [4.78, 5) is 16.1. The second-order valence-electron chi connectivity index (χ2n) is 4.91. The largest absolute Gasteiger partial charge is 0.325 e. The Morgan fingerprint density at radius 3 is 2.78 bits per heavy atom. The van der Waals surface area contributed by atoms with Crippen LogP contribution >= 0.6 is 11.8 Å². The third-order valence-electron chi connectivity index (χ3n) is 3.21. The van der Waals surface area contributed by atoms with Gasteiger partial charge in [-0.3, -0.25) is 4.79 Å². The van der Waals surface area contributed by atoms with Gasteiger partial charge in [0.2, 0.25) is 5.91 Å². The second kappa shape index (κ2) is 5.76. The highest BCUT2D eigenvalue weighted by atomic mass is 32.2. The van der Waals surface area contributed by atoms with Crippen molar-refractivity contribution in [3.8, 4) is 0 Å². The van der Waals surface area contributed by atoms with Crippen molar-refractivity contribution in [2.45, 2.75) is 12.3 Å². The van der Waals surface area contributed by atoms with Gasteiger partial charge in [-0.25, -0.2) is 0 Å². The average molecular weight is 264 g/mol. The first-order valence-electron chi connectivity index (χ1n) is 6.21. The normalized spacial score (nSPS) is 19.9. The Kier molecular flexibility index (Phi) is 4.30. The predicted octanol–water partition coefficient (Wildman–Crippen LogP) is 2.13. The highest BCUT2D eigenvalue weighted by molar-refractivity contribution is 8.00. The lowest BCUT2D eigenvalue weighted by Gasteiger charge is -2.26.